The molecule has 0 aliphatic carbocycles. The van der Waals surface area contributed by atoms with Crippen molar-refractivity contribution in [3.8, 4) is 0 Å². The molecule has 1 aromatic rings. The number of hydrogen-bond donors (Lipinski definition) is 2. The van der Waals surface area contributed by atoms with Crippen molar-refractivity contribution in [2.75, 3.05) is 39.4 Å². The van der Waals surface area contributed by atoms with Crippen LogP contribution in [0.2, 0.25) is 0 Å². The Bertz CT molecular complexity index is 1050. The molecule has 12 heteroatoms. The Morgan fingerprint density at radius 1 is 1.09 bits per heavy atom. The monoisotopic (exact) mass is 508 g/mol. The lowest BCUT2D eigenvalue weighted by Gasteiger charge is -2.26. The number of carbonyl (C=O) groups excluding carboxylic acids is 4. The van der Waals surface area contributed by atoms with Crippen molar-refractivity contribution in [3.05, 3.63) is 29.8 Å². The van der Waals surface area contributed by atoms with Crippen molar-refractivity contribution in [2.24, 2.45) is 5.92 Å². The molecule has 0 saturated carbocycles. The van der Waals surface area contributed by atoms with Crippen molar-refractivity contribution in [1.29, 1.82) is 0 Å². The van der Waals surface area contributed by atoms with Crippen LogP contribution in [0, 0.1) is 5.92 Å². The van der Waals surface area contributed by atoms with E-state index in [1.807, 2.05) is 0 Å². The summed E-state index contributed by atoms with van der Waals surface area (Å²) < 4.78 is 32.4. The molecule has 1 unspecified atom stereocenters. The Balaban J connectivity index is 1.63. The molecule has 4 amide bonds. The fourth-order valence-electron chi connectivity index (χ4n) is 3.94. The van der Waals surface area contributed by atoms with Crippen molar-refractivity contribution < 1.29 is 32.3 Å². The summed E-state index contributed by atoms with van der Waals surface area (Å²) in [5, 5.41) is 5.34. The quantitative estimate of drug-likeness (QED) is 0.451. The highest BCUT2D eigenvalue weighted by Crippen LogP contribution is 2.19. The SMILES string of the molecule is CC(C)C(NC(=O)c1cccc(S(=O)(=O)N2CCOCC2)c1)C(=O)NCCN1C(=O)CCCC1=O. The highest BCUT2D eigenvalue weighted by atomic mass is 32.2. The standard InChI is InChI=1S/C23H32N4O7S/c1-16(2)21(23(31)24-9-10-27-19(28)7-4-8-20(27)29)25-22(30)17-5-3-6-18(15-17)35(32,33)26-11-13-34-14-12-26/h3,5-6,15-16,21H,4,7-14H2,1-2H3,(H,24,31)(H,25,30). The molecule has 0 radical (unpaired) electrons. The second-order valence-corrected chi connectivity index (χ2v) is 10.8. The minimum absolute atomic E-state index is 0.00605. The van der Waals surface area contributed by atoms with Crippen LogP contribution in [0.5, 0.6) is 0 Å². The summed E-state index contributed by atoms with van der Waals surface area (Å²) in [5.74, 6) is -1.81. The maximum Gasteiger partial charge on any atom is 0.251 e. The zero-order chi connectivity index (χ0) is 25.6. The Hall–Kier alpha value is -2.83. The summed E-state index contributed by atoms with van der Waals surface area (Å²) in [6.07, 6.45) is 1.16. The molecule has 2 fully saturated rings. The molecular weight excluding hydrogens is 476 g/mol. The van der Waals surface area contributed by atoms with Crippen LogP contribution in [0.4, 0.5) is 0 Å². The summed E-state index contributed by atoms with van der Waals surface area (Å²) in [6.45, 7) is 4.77. The highest BCUT2D eigenvalue weighted by molar-refractivity contribution is 7.89. The molecule has 3 rings (SSSR count). The number of carbonyl (C=O) groups is 4. The summed E-state index contributed by atoms with van der Waals surface area (Å²) >= 11 is 0. The number of amides is 4. The van der Waals surface area contributed by atoms with Gasteiger partial charge in [0.25, 0.3) is 5.91 Å². The highest BCUT2D eigenvalue weighted by Gasteiger charge is 2.29. The van der Waals surface area contributed by atoms with E-state index in [9.17, 15) is 27.6 Å². The maximum atomic E-state index is 12.9. The third-order valence-electron chi connectivity index (χ3n) is 5.96. The van der Waals surface area contributed by atoms with Crippen LogP contribution in [0.25, 0.3) is 0 Å². The van der Waals surface area contributed by atoms with Crippen LogP contribution in [0.3, 0.4) is 0 Å². The summed E-state index contributed by atoms with van der Waals surface area (Å²) in [5.41, 5.74) is 0.113. The molecule has 11 nitrogen and oxygen atoms in total. The van der Waals surface area contributed by atoms with E-state index in [4.69, 9.17) is 4.74 Å². The largest absolute Gasteiger partial charge is 0.379 e. The van der Waals surface area contributed by atoms with Gasteiger partial charge in [-0.15, -0.1) is 0 Å². The number of sulfonamides is 1. The average Bonchev–Trinajstić information content (AvgIpc) is 2.84. The van der Waals surface area contributed by atoms with E-state index in [-0.39, 0.29) is 54.4 Å². The number of rotatable bonds is 9. The molecule has 1 aromatic carbocycles. The predicted octanol–water partition coefficient (Wildman–Crippen LogP) is 0.117. The molecule has 0 aromatic heterocycles. The zero-order valence-electron chi connectivity index (χ0n) is 20.0. The lowest BCUT2D eigenvalue weighted by atomic mass is 10.0. The number of ether oxygens (including phenoxy) is 1. The van der Waals surface area contributed by atoms with Gasteiger partial charge in [0.2, 0.25) is 27.7 Å². The minimum atomic E-state index is -3.78. The van der Waals surface area contributed by atoms with E-state index in [2.05, 4.69) is 10.6 Å². The normalized spacial score (nSPS) is 18.4. The Kier molecular flexibility index (Phi) is 8.98. The van der Waals surface area contributed by atoms with Crippen molar-refractivity contribution >= 4 is 33.7 Å². The van der Waals surface area contributed by atoms with E-state index < -0.39 is 27.9 Å². The number of hydrogen-bond acceptors (Lipinski definition) is 7. The van der Waals surface area contributed by atoms with Crippen LogP contribution in [0.1, 0.15) is 43.5 Å². The fourth-order valence-corrected chi connectivity index (χ4v) is 5.40. The van der Waals surface area contributed by atoms with E-state index in [1.165, 1.54) is 28.6 Å². The summed E-state index contributed by atoms with van der Waals surface area (Å²) in [7, 11) is -3.78. The van der Waals surface area contributed by atoms with Crippen molar-refractivity contribution in [3.63, 3.8) is 0 Å². The molecule has 2 aliphatic rings. The number of nitrogens with one attached hydrogen (secondary N) is 2. The summed E-state index contributed by atoms with van der Waals surface area (Å²) in [6, 6.07) is 4.80. The Morgan fingerprint density at radius 3 is 2.37 bits per heavy atom. The van der Waals surface area contributed by atoms with Gasteiger partial charge in [0, 0.05) is 44.6 Å². The zero-order valence-corrected chi connectivity index (χ0v) is 20.8. The van der Waals surface area contributed by atoms with E-state index >= 15 is 0 Å². The van der Waals surface area contributed by atoms with Crippen LogP contribution in [-0.2, 0) is 29.1 Å². The van der Waals surface area contributed by atoms with Crippen LogP contribution >= 0.6 is 0 Å². The topological polar surface area (TPSA) is 142 Å². The first-order chi connectivity index (χ1) is 16.6. The average molecular weight is 509 g/mol. The van der Waals surface area contributed by atoms with Gasteiger partial charge in [-0.1, -0.05) is 19.9 Å². The number of likely N-dealkylation sites (tertiary alicyclic amines) is 1. The van der Waals surface area contributed by atoms with Gasteiger partial charge in [-0.3, -0.25) is 24.1 Å². The van der Waals surface area contributed by atoms with Crippen LogP contribution in [-0.4, -0.2) is 86.7 Å². The van der Waals surface area contributed by atoms with Crippen LogP contribution < -0.4 is 10.6 Å². The molecule has 0 spiro atoms. The van der Waals surface area contributed by atoms with Gasteiger partial charge in [-0.25, -0.2) is 8.42 Å². The van der Waals surface area contributed by atoms with Gasteiger partial charge in [0.15, 0.2) is 0 Å². The third kappa shape index (κ3) is 6.65. The van der Waals surface area contributed by atoms with Crippen molar-refractivity contribution in [1.82, 2.24) is 19.8 Å². The number of benzene rings is 1. The minimum Gasteiger partial charge on any atom is -0.379 e. The molecule has 2 aliphatic heterocycles. The van der Waals surface area contributed by atoms with Crippen molar-refractivity contribution in [2.45, 2.75) is 44.0 Å². The predicted molar refractivity (Wildman–Crippen MR) is 126 cm³/mol. The molecule has 1 atom stereocenters. The van der Waals surface area contributed by atoms with E-state index in [0.29, 0.717) is 32.5 Å². The van der Waals surface area contributed by atoms with Gasteiger partial charge < -0.3 is 15.4 Å². The number of nitrogens with zero attached hydrogens (tertiary/aromatic N) is 2. The van der Waals surface area contributed by atoms with Gasteiger partial charge >= 0.3 is 0 Å². The van der Waals surface area contributed by atoms with E-state index in [0.717, 1.165) is 4.90 Å². The van der Waals surface area contributed by atoms with E-state index in [1.54, 1.807) is 13.8 Å². The Labute approximate surface area is 205 Å². The molecule has 0 bridgehead atoms. The van der Waals surface area contributed by atoms with Gasteiger partial charge in [-0.2, -0.15) is 4.31 Å². The molecular formula is C23H32N4O7S. The molecule has 2 saturated heterocycles. The lowest BCUT2D eigenvalue weighted by Crippen LogP contribution is -2.51. The first-order valence-electron chi connectivity index (χ1n) is 11.7. The number of morpholine rings is 1. The van der Waals surface area contributed by atoms with Gasteiger partial charge in [-0.05, 0) is 30.5 Å². The first kappa shape index (κ1) is 26.8. The van der Waals surface area contributed by atoms with Gasteiger partial charge in [0.1, 0.15) is 6.04 Å². The molecule has 2 heterocycles. The molecule has 2 N–H and O–H groups in total. The first-order valence-corrected chi connectivity index (χ1v) is 13.1. The maximum absolute atomic E-state index is 12.9. The molecule has 35 heavy (non-hydrogen) atoms. The summed E-state index contributed by atoms with van der Waals surface area (Å²) in [4.78, 5) is 50.6. The number of piperidine rings is 1. The second-order valence-electron chi connectivity index (χ2n) is 8.82. The number of imide groups is 1. The Morgan fingerprint density at radius 2 is 1.74 bits per heavy atom. The lowest BCUT2D eigenvalue weighted by molar-refractivity contribution is -0.148. The third-order valence-corrected chi connectivity index (χ3v) is 7.85. The smallest absolute Gasteiger partial charge is 0.251 e. The van der Waals surface area contributed by atoms with Crippen LogP contribution in [0.15, 0.2) is 29.2 Å². The second kappa shape index (κ2) is 11.7. The molecule has 192 valence electrons. The fraction of sp³-hybridized carbons (Fsp3) is 0.565. The van der Waals surface area contributed by atoms with Gasteiger partial charge in [0.05, 0.1) is 18.1 Å².